The van der Waals surface area contributed by atoms with Crippen LogP contribution in [0, 0.1) is 0 Å². The minimum atomic E-state index is -2.64. The van der Waals surface area contributed by atoms with Crippen LogP contribution < -0.4 is 9.05 Å². The molecule has 0 aliphatic heterocycles. The summed E-state index contributed by atoms with van der Waals surface area (Å²) in [6, 6.07) is 8.77. The van der Waals surface area contributed by atoms with E-state index in [0.717, 1.165) is 0 Å². The highest BCUT2D eigenvalue weighted by Crippen LogP contribution is 2.28. The van der Waals surface area contributed by atoms with Crippen LogP contribution in [0.25, 0.3) is 0 Å². The molecule has 1 aromatic carbocycles. The monoisotopic (exact) mass is 225 g/mol. The van der Waals surface area contributed by atoms with Crippen molar-refractivity contribution in [1.29, 1.82) is 0 Å². The Labute approximate surface area is 86.2 Å². The second kappa shape index (κ2) is 4.61. The summed E-state index contributed by atoms with van der Waals surface area (Å²) in [5.41, 5.74) is 0. The highest BCUT2D eigenvalue weighted by Gasteiger charge is 2.05. The summed E-state index contributed by atoms with van der Waals surface area (Å²) in [6.45, 7) is 0. The highest BCUT2D eigenvalue weighted by molar-refractivity contribution is 7.34. The number of H-pyrrole nitrogens is 1. The molecule has 0 amide bonds. The number of nitrogens with zero attached hydrogens (tertiary/aromatic N) is 2. The van der Waals surface area contributed by atoms with Crippen molar-refractivity contribution in [3.8, 4) is 11.6 Å². The summed E-state index contributed by atoms with van der Waals surface area (Å²) in [6.07, 6.45) is 1.39. The number of para-hydroxylation sites is 1. The van der Waals surface area contributed by atoms with Crippen LogP contribution in [0.2, 0.25) is 0 Å². The lowest BCUT2D eigenvalue weighted by Gasteiger charge is -2.04. The lowest BCUT2D eigenvalue weighted by Crippen LogP contribution is -1.88. The summed E-state index contributed by atoms with van der Waals surface area (Å²) in [4.78, 5) is 0. The van der Waals surface area contributed by atoms with Gasteiger partial charge in [0.05, 0.1) is 6.20 Å². The number of nitrogens with one attached hydrogen (secondary N) is 1. The Hall–Kier alpha value is -1.81. The zero-order valence-electron chi connectivity index (χ0n) is 7.58. The van der Waals surface area contributed by atoms with E-state index in [4.69, 9.17) is 9.05 Å². The first kappa shape index (κ1) is 9.73. The molecule has 1 N–H and O–H groups in total. The molecular weight excluding hydrogens is 217 g/mol. The molecule has 1 heterocycles. The number of aromatic nitrogens is 3. The summed E-state index contributed by atoms with van der Waals surface area (Å²) in [5.74, 6) is 0.639. The van der Waals surface area contributed by atoms with E-state index in [9.17, 15) is 4.57 Å². The highest BCUT2D eigenvalue weighted by atomic mass is 31.1. The van der Waals surface area contributed by atoms with Crippen molar-refractivity contribution in [2.45, 2.75) is 0 Å². The SMILES string of the molecule is O=[PH](Oc1ccccc1)Oc1c[nH]nn1. The van der Waals surface area contributed by atoms with Crippen LogP contribution in [0.3, 0.4) is 0 Å². The minimum absolute atomic E-state index is 0.148. The quantitative estimate of drug-likeness (QED) is 0.800. The molecule has 0 saturated heterocycles. The van der Waals surface area contributed by atoms with E-state index in [1.54, 1.807) is 24.3 Å². The van der Waals surface area contributed by atoms with E-state index in [1.807, 2.05) is 6.07 Å². The van der Waals surface area contributed by atoms with Crippen LogP contribution in [-0.4, -0.2) is 15.4 Å². The van der Waals surface area contributed by atoms with Gasteiger partial charge in [0.2, 0.25) is 0 Å². The van der Waals surface area contributed by atoms with Crippen molar-refractivity contribution < 1.29 is 13.6 Å². The third-order valence-electron chi connectivity index (χ3n) is 1.53. The van der Waals surface area contributed by atoms with Crippen LogP contribution >= 0.6 is 8.25 Å². The van der Waals surface area contributed by atoms with Gasteiger partial charge in [0.1, 0.15) is 5.75 Å². The summed E-state index contributed by atoms with van der Waals surface area (Å²) >= 11 is 0. The molecule has 1 atom stereocenters. The zero-order chi connectivity index (χ0) is 10.5. The van der Waals surface area contributed by atoms with Crippen molar-refractivity contribution in [2.75, 3.05) is 0 Å². The Balaban J connectivity index is 1.94. The third kappa shape index (κ3) is 2.82. The number of hydrogen-bond donors (Lipinski definition) is 1. The molecule has 0 spiro atoms. The van der Waals surface area contributed by atoms with E-state index in [2.05, 4.69) is 15.4 Å². The maximum absolute atomic E-state index is 11.3. The van der Waals surface area contributed by atoms with Crippen molar-refractivity contribution in [1.82, 2.24) is 15.4 Å². The van der Waals surface area contributed by atoms with Gasteiger partial charge in [-0.1, -0.05) is 28.5 Å². The molecule has 2 aromatic rings. The fourth-order valence-corrected chi connectivity index (χ4v) is 1.57. The topological polar surface area (TPSA) is 77.1 Å². The van der Waals surface area contributed by atoms with Crippen LogP contribution in [0.5, 0.6) is 11.6 Å². The Morgan fingerprint density at radius 1 is 1.20 bits per heavy atom. The first-order valence-electron chi connectivity index (χ1n) is 4.16. The van der Waals surface area contributed by atoms with Gasteiger partial charge in [-0.3, -0.25) is 5.10 Å². The molecule has 0 bridgehead atoms. The molecule has 0 saturated carbocycles. The van der Waals surface area contributed by atoms with Crippen molar-refractivity contribution in [3.05, 3.63) is 36.5 Å². The first-order chi connectivity index (χ1) is 7.34. The van der Waals surface area contributed by atoms with Crippen molar-refractivity contribution in [3.63, 3.8) is 0 Å². The lowest BCUT2D eigenvalue weighted by atomic mass is 10.3. The number of rotatable bonds is 4. The molecule has 2 rings (SSSR count). The molecular formula is C8H8N3O3P. The van der Waals surface area contributed by atoms with Gasteiger partial charge in [-0.25, -0.2) is 4.57 Å². The molecule has 0 aliphatic carbocycles. The number of aromatic amines is 1. The fraction of sp³-hybridized carbons (Fsp3) is 0. The molecule has 78 valence electrons. The second-order valence-electron chi connectivity index (χ2n) is 2.58. The normalized spacial score (nSPS) is 12.0. The average Bonchev–Trinajstić information content (AvgIpc) is 2.71. The van der Waals surface area contributed by atoms with Gasteiger partial charge in [-0.05, 0) is 12.1 Å². The molecule has 0 aliphatic rings. The van der Waals surface area contributed by atoms with Crippen molar-refractivity contribution in [2.24, 2.45) is 0 Å². The molecule has 1 aromatic heterocycles. The van der Waals surface area contributed by atoms with Gasteiger partial charge in [0.25, 0.3) is 5.88 Å². The zero-order valence-corrected chi connectivity index (χ0v) is 8.58. The lowest BCUT2D eigenvalue weighted by molar-refractivity contribution is 0.409. The molecule has 15 heavy (non-hydrogen) atoms. The first-order valence-corrected chi connectivity index (χ1v) is 5.38. The Bertz CT molecular complexity index is 432. The summed E-state index contributed by atoms with van der Waals surface area (Å²) < 4.78 is 21.2. The standard InChI is InChI=1S/C8H8N3O3P/c12-15(14-8-6-9-11-10-8)13-7-4-2-1-3-5-7/h1-6,15H,(H,9,10,11). The average molecular weight is 225 g/mol. The Morgan fingerprint density at radius 3 is 2.67 bits per heavy atom. The van der Waals surface area contributed by atoms with E-state index in [-0.39, 0.29) is 5.88 Å². The van der Waals surface area contributed by atoms with Crippen LogP contribution in [0.15, 0.2) is 36.5 Å². The van der Waals surface area contributed by atoms with Gasteiger partial charge in [-0.15, -0.1) is 0 Å². The number of hydrogen-bond acceptors (Lipinski definition) is 5. The molecule has 0 radical (unpaired) electrons. The maximum Gasteiger partial charge on any atom is 0.420 e. The van der Waals surface area contributed by atoms with E-state index in [1.165, 1.54) is 6.20 Å². The summed E-state index contributed by atoms with van der Waals surface area (Å²) in [7, 11) is -2.64. The summed E-state index contributed by atoms with van der Waals surface area (Å²) in [5, 5.41) is 9.35. The fourth-order valence-electron chi connectivity index (χ4n) is 0.932. The number of benzene rings is 1. The van der Waals surface area contributed by atoms with Crippen LogP contribution in [-0.2, 0) is 4.57 Å². The predicted octanol–water partition coefficient (Wildman–Crippen LogP) is 1.65. The van der Waals surface area contributed by atoms with E-state index in [0.29, 0.717) is 5.75 Å². The van der Waals surface area contributed by atoms with Gasteiger partial charge in [0, 0.05) is 0 Å². The van der Waals surface area contributed by atoms with Gasteiger partial charge in [0.15, 0.2) is 0 Å². The minimum Gasteiger partial charge on any atom is -0.418 e. The molecule has 0 fully saturated rings. The molecule has 6 nitrogen and oxygen atoms in total. The van der Waals surface area contributed by atoms with Crippen LogP contribution in [0.4, 0.5) is 0 Å². The molecule has 1 unspecified atom stereocenters. The molecule has 7 heteroatoms. The van der Waals surface area contributed by atoms with Crippen LogP contribution in [0.1, 0.15) is 0 Å². The smallest absolute Gasteiger partial charge is 0.418 e. The maximum atomic E-state index is 11.3. The van der Waals surface area contributed by atoms with E-state index < -0.39 is 8.25 Å². The Morgan fingerprint density at radius 2 is 2.00 bits per heavy atom. The van der Waals surface area contributed by atoms with Gasteiger partial charge in [-0.2, -0.15) is 0 Å². The Kier molecular flexibility index (Phi) is 2.99. The second-order valence-corrected chi connectivity index (χ2v) is 3.49. The predicted molar refractivity (Wildman–Crippen MR) is 53.1 cm³/mol. The van der Waals surface area contributed by atoms with Crippen molar-refractivity contribution >= 4 is 8.25 Å². The van der Waals surface area contributed by atoms with Gasteiger partial charge < -0.3 is 9.05 Å². The third-order valence-corrected chi connectivity index (χ3v) is 2.30. The van der Waals surface area contributed by atoms with E-state index >= 15 is 0 Å². The largest absolute Gasteiger partial charge is 0.420 e. The van der Waals surface area contributed by atoms with Gasteiger partial charge >= 0.3 is 8.25 Å².